The van der Waals surface area contributed by atoms with Crippen LogP contribution in [0.2, 0.25) is 0 Å². The van der Waals surface area contributed by atoms with Gasteiger partial charge in [0.15, 0.2) is 6.10 Å². The van der Waals surface area contributed by atoms with E-state index in [9.17, 15) is 14.4 Å². The number of rotatable bonds is 43. The van der Waals surface area contributed by atoms with Gasteiger partial charge in [0.25, 0.3) is 0 Å². The maximum Gasteiger partial charge on any atom is 0.306 e. The molecule has 0 aromatic carbocycles. The molecule has 0 radical (unpaired) electrons. The molecule has 0 aromatic heterocycles. The van der Waals surface area contributed by atoms with E-state index in [1.165, 1.54) is 116 Å². The summed E-state index contributed by atoms with van der Waals surface area (Å²) < 4.78 is 16.7. The van der Waals surface area contributed by atoms with Crippen LogP contribution in [0.1, 0.15) is 245 Å². The predicted molar refractivity (Wildman–Crippen MR) is 238 cm³/mol. The van der Waals surface area contributed by atoms with Crippen LogP contribution in [0.15, 0.2) is 36.5 Å². The molecule has 0 spiro atoms. The van der Waals surface area contributed by atoms with Gasteiger partial charge < -0.3 is 14.2 Å². The fourth-order valence-corrected chi connectivity index (χ4v) is 6.67. The Morgan fingerprint density at radius 1 is 0.339 bits per heavy atom. The van der Waals surface area contributed by atoms with Gasteiger partial charge in [0, 0.05) is 19.3 Å². The van der Waals surface area contributed by atoms with Crippen molar-refractivity contribution >= 4 is 17.9 Å². The average molecular weight is 787 g/mol. The summed E-state index contributed by atoms with van der Waals surface area (Å²) in [4.78, 5) is 37.7. The molecule has 0 aliphatic rings. The van der Waals surface area contributed by atoms with Crippen molar-refractivity contribution in [2.75, 3.05) is 13.2 Å². The molecule has 326 valence electrons. The van der Waals surface area contributed by atoms with Crippen molar-refractivity contribution in [2.45, 2.75) is 252 Å². The van der Waals surface area contributed by atoms with Gasteiger partial charge in [0.05, 0.1) is 0 Å². The number of carbonyl (C=O) groups excluding carboxylic acids is 3. The summed E-state index contributed by atoms with van der Waals surface area (Å²) in [6.07, 6.45) is 51.3. The van der Waals surface area contributed by atoms with Crippen LogP contribution in [0.3, 0.4) is 0 Å². The third-order valence-electron chi connectivity index (χ3n) is 10.3. The Labute approximate surface area is 346 Å². The average Bonchev–Trinajstić information content (AvgIpc) is 3.19. The maximum atomic E-state index is 12.7. The second kappa shape index (κ2) is 45.3. The number of esters is 3. The first-order chi connectivity index (χ1) is 27.5. The van der Waals surface area contributed by atoms with Crippen LogP contribution in [-0.2, 0) is 28.6 Å². The zero-order valence-corrected chi connectivity index (χ0v) is 37.2. The molecule has 1 atom stereocenters. The van der Waals surface area contributed by atoms with Crippen LogP contribution in [0.5, 0.6) is 0 Å². The lowest BCUT2D eigenvalue weighted by Gasteiger charge is -2.18. The SMILES string of the molecule is CCC/C=C\CCCCCCCC(=O)OCC(COC(=O)CCCCCCC/C=C\CCCCCCCCC)OC(=O)CCCCCCC/C=C\CCCCC. The summed E-state index contributed by atoms with van der Waals surface area (Å²) in [5, 5.41) is 0. The Balaban J connectivity index is 4.36. The molecule has 0 heterocycles. The fourth-order valence-electron chi connectivity index (χ4n) is 6.67. The Hall–Kier alpha value is -2.37. The minimum absolute atomic E-state index is 0.0816. The van der Waals surface area contributed by atoms with Gasteiger partial charge in [0.1, 0.15) is 13.2 Å². The monoisotopic (exact) mass is 787 g/mol. The normalized spacial score (nSPS) is 12.3. The van der Waals surface area contributed by atoms with E-state index in [1.54, 1.807) is 0 Å². The molecule has 0 aromatic rings. The van der Waals surface area contributed by atoms with Crippen LogP contribution >= 0.6 is 0 Å². The quantitative estimate of drug-likeness (QED) is 0.0265. The van der Waals surface area contributed by atoms with Crippen LogP contribution in [0.4, 0.5) is 0 Å². The number of carbonyl (C=O) groups is 3. The first-order valence-electron chi connectivity index (χ1n) is 24.0. The molecule has 0 saturated carbocycles. The molecule has 0 fully saturated rings. The largest absolute Gasteiger partial charge is 0.462 e. The summed E-state index contributed by atoms with van der Waals surface area (Å²) in [5.41, 5.74) is 0. The van der Waals surface area contributed by atoms with E-state index >= 15 is 0 Å². The molecule has 1 unspecified atom stereocenters. The standard InChI is InChI=1S/C50H90O6/c1-4-7-10-13-16-19-22-24-25-26-27-29-31-34-37-40-43-49(52)55-46-47(45-54-48(51)42-39-36-33-30-21-18-15-12-9-6-3)56-50(53)44-41-38-35-32-28-23-20-17-14-11-8-5-2/h12,15,17,20,25-26,47H,4-11,13-14,16,18-19,21-24,27-46H2,1-3H3/b15-12-,20-17-,26-25-. The predicted octanol–water partition coefficient (Wildman–Crippen LogP) is 15.4. The van der Waals surface area contributed by atoms with Crippen LogP contribution < -0.4 is 0 Å². The molecular formula is C50H90O6. The third kappa shape index (κ3) is 42.8. The molecule has 0 rings (SSSR count). The minimum Gasteiger partial charge on any atom is -0.462 e. The number of hydrogen-bond acceptors (Lipinski definition) is 6. The molecule has 6 heteroatoms. The Morgan fingerprint density at radius 2 is 0.625 bits per heavy atom. The summed E-state index contributed by atoms with van der Waals surface area (Å²) >= 11 is 0. The van der Waals surface area contributed by atoms with Gasteiger partial charge >= 0.3 is 17.9 Å². The maximum absolute atomic E-state index is 12.7. The fraction of sp³-hybridized carbons (Fsp3) is 0.820. The molecule has 0 N–H and O–H groups in total. The number of hydrogen-bond donors (Lipinski definition) is 0. The molecule has 6 nitrogen and oxygen atoms in total. The van der Waals surface area contributed by atoms with Crippen molar-refractivity contribution in [3.05, 3.63) is 36.5 Å². The molecule has 0 aliphatic carbocycles. The van der Waals surface area contributed by atoms with E-state index in [0.29, 0.717) is 19.3 Å². The zero-order valence-electron chi connectivity index (χ0n) is 37.2. The van der Waals surface area contributed by atoms with Gasteiger partial charge in [0.2, 0.25) is 0 Å². The summed E-state index contributed by atoms with van der Waals surface area (Å²) in [7, 11) is 0. The van der Waals surface area contributed by atoms with Crippen molar-refractivity contribution < 1.29 is 28.6 Å². The third-order valence-corrected chi connectivity index (χ3v) is 10.3. The highest BCUT2D eigenvalue weighted by atomic mass is 16.6. The van der Waals surface area contributed by atoms with E-state index in [4.69, 9.17) is 14.2 Å². The van der Waals surface area contributed by atoms with Crippen molar-refractivity contribution in [3.8, 4) is 0 Å². The van der Waals surface area contributed by atoms with Gasteiger partial charge in [-0.25, -0.2) is 0 Å². The molecule has 0 bridgehead atoms. The second-order valence-electron chi connectivity index (χ2n) is 16.0. The van der Waals surface area contributed by atoms with Gasteiger partial charge in [-0.3, -0.25) is 14.4 Å². The molecule has 0 saturated heterocycles. The van der Waals surface area contributed by atoms with Crippen molar-refractivity contribution in [2.24, 2.45) is 0 Å². The van der Waals surface area contributed by atoms with E-state index in [0.717, 1.165) is 89.9 Å². The lowest BCUT2D eigenvalue weighted by Crippen LogP contribution is -2.30. The van der Waals surface area contributed by atoms with Crippen molar-refractivity contribution in [3.63, 3.8) is 0 Å². The Kier molecular flexibility index (Phi) is 43.4. The van der Waals surface area contributed by atoms with Crippen LogP contribution in [0, 0.1) is 0 Å². The molecule has 56 heavy (non-hydrogen) atoms. The highest BCUT2D eigenvalue weighted by Crippen LogP contribution is 2.14. The summed E-state index contributed by atoms with van der Waals surface area (Å²) in [6, 6.07) is 0. The summed E-state index contributed by atoms with van der Waals surface area (Å²) in [5.74, 6) is -0.907. The van der Waals surface area contributed by atoms with Gasteiger partial charge in [-0.05, 0) is 89.9 Å². The molecule has 0 aliphatic heterocycles. The smallest absolute Gasteiger partial charge is 0.306 e. The lowest BCUT2D eigenvalue weighted by atomic mass is 10.1. The number of unbranched alkanes of at least 4 members (excludes halogenated alkanes) is 26. The molecular weight excluding hydrogens is 697 g/mol. The van der Waals surface area contributed by atoms with E-state index in [1.807, 2.05) is 0 Å². The second-order valence-corrected chi connectivity index (χ2v) is 16.0. The van der Waals surface area contributed by atoms with E-state index in [-0.39, 0.29) is 31.1 Å². The minimum atomic E-state index is -0.779. The van der Waals surface area contributed by atoms with Gasteiger partial charge in [-0.2, -0.15) is 0 Å². The Morgan fingerprint density at radius 3 is 1.00 bits per heavy atom. The van der Waals surface area contributed by atoms with Crippen LogP contribution in [-0.4, -0.2) is 37.2 Å². The van der Waals surface area contributed by atoms with Gasteiger partial charge in [-0.15, -0.1) is 0 Å². The topological polar surface area (TPSA) is 78.9 Å². The first-order valence-corrected chi connectivity index (χ1v) is 24.0. The van der Waals surface area contributed by atoms with Crippen molar-refractivity contribution in [1.82, 2.24) is 0 Å². The van der Waals surface area contributed by atoms with Crippen LogP contribution in [0.25, 0.3) is 0 Å². The van der Waals surface area contributed by atoms with E-state index in [2.05, 4.69) is 57.2 Å². The number of allylic oxidation sites excluding steroid dienone is 6. The first kappa shape index (κ1) is 53.6. The zero-order chi connectivity index (χ0) is 40.8. The van der Waals surface area contributed by atoms with E-state index < -0.39 is 6.10 Å². The lowest BCUT2D eigenvalue weighted by molar-refractivity contribution is -0.167. The van der Waals surface area contributed by atoms with Crippen molar-refractivity contribution in [1.29, 1.82) is 0 Å². The highest BCUT2D eigenvalue weighted by Gasteiger charge is 2.19. The number of ether oxygens (including phenoxy) is 3. The van der Waals surface area contributed by atoms with Gasteiger partial charge in [-0.1, -0.05) is 173 Å². The molecule has 0 amide bonds. The highest BCUT2D eigenvalue weighted by molar-refractivity contribution is 5.71. The Bertz CT molecular complexity index is 953. The summed E-state index contributed by atoms with van der Waals surface area (Å²) in [6.45, 7) is 6.53.